The summed E-state index contributed by atoms with van der Waals surface area (Å²) in [6, 6.07) is 14.5. The van der Waals surface area contributed by atoms with Gasteiger partial charge in [-0.05, 0) is 48.9 Å². The molecule has 0 saturated carbocycles. The Hall–Kier alpha value is -4.99. The molecule has 3 fully saturated rings. The summed E-state index contributed by atoms with van der Waals surface area (Å²) in [4.78, 5) is 32.0. The number of carbonyl (C=O) groups is 1. The number of nitrogens with zero attached hydrogens (tertiary/aromatic N) is 6. The quantitative estimate of drug-likeness (QED) is 0.127. The van der Waals surface area contributed by atoms with Gasteiger partial charge in [0.05, 0.1) is 5.54 Å². The van der Waals surface area contributed by atoms with Crippen LogP contribution in [-0.4, -0.2) is 88.2 Å². The van der Waals surface area contributed by atoms with E-state index in [2.05, 4.69) is 20.8 Å². The number of thiazole rings is 1. The molecule has 0 unspecified atom stereocenters. The average molecular weight is 709 g/mol. The van der Waals surface area contributed by atoms with Crippen molar-refractivity contribution in [1.29, 1.82) is 0 Å². The van der Waals surface area contributed by atoms with Crippen molar-refractivity contribution in [3.8, 4) is 29.5 Å². The third-order valence-electron chi connectivity index (χ3n) is 10.6. The maximum Gasteiger partial charge on any atom is 0.319 e. The lowest BCUT2D eigenvalue weighted by Crippen LogP contribution is -2.43. The molecule has 1 amide bonds. The van der Waals surface area contributed by atoms with Crippen molar-refractivity contribution < 1.29 is 22.7 Å². The molecule has 3 saturated heterocycles. The van der Waals surface area contributed by atoms with Crippen molar-refractivity contribution in [3.05, 3.63) is 82.3 Å². The van der Waals surface area contributed by atoms with Crippen molar-refractivity contribution >= 4 is 50.8 Å². The zero-order valence-electron chi connectivity index (χ0n) is 28.0. The SMILES string of the molecule is C#Cc1cccc2cccc(-c3ccc4c(N(C)[C@@H]5CCN(C(=O)/C(F)=C/c6nccs6)C5)nc(OC[C@@]56CCCN5C[C@H](F)C6)nc4c3F)c12. The van der Waals surface area contributed by atoms with Crippen LogP contribution in [0.15, 0.2) is 65.9 Å². The van der Waals surface area contributed by atoms with E-state index in [1.165, 1.54) is 16.2 Å². The van der Waals surface area contributed by atoms with Gasteiger partial charge < -0.3 is 14.5 Å². The minimum atomic E-state index is -0.934. The smallest absolute Gasteiger partial charge is 0.319 e. The largest absolute Gasteiger partial charge is 0.461 e. The lowest BCUT2D eigenvalue weighted by molar-refractivity contribution is -0.127. The fourth-order valence-corrected chi connectivity index (χ4v) is 8.60. The monoisotopic (exact) mass is 708 g/mol. The number of terminal acetylenes is 1. The molecule has 0 radical (unpaired) electrons. The second-order valence-corrected chi connectivity index (χ2v) is 14.5. The molecule has 260 valence electrons. The molecule has 0 aliphatic carbocycles. The van der Waals surface area contributed by atoms with Gasteiger partial charge in [0.1, 0.15) is 29.1 Å². The van der Waals surface area contributed by atoms with Gasteiger partial charge in [0.15, 0.2) is 11.6 Å². The van der Waals surface area contributed by atoms with E-state index < -0.39 is 29.3 Å². The number of likely N-dealkylation sites (N-methyl/N-ethyl adjacent to an activating group) is 1. The van der Waals surface area contributed by atoms with Crippen molar-refractivity contribution in [2.75, 3.05) is 44.7 Å². The Bertz CT molecular complexity index is 2220. The fraction of sp³-hybridized carbons (Fsp3) is 0.333. The third-order valence-corrected chi connectivity index (χ3v) is 11.3. The summed E-state index contributed by atoms with van der Waals surface area (Å²) in [6.07, 6.45) is 10.3. The number of rotatable bonds is 8. The highest BCUT2D eigenvalue weighted by atomic mass is 32.1. The van der Waals surface area contributed by atoms with Crippen LogP contribution in [0, 0.1) is 18.2 Å². The average Bonchev–Trinajstić information content (AvgIpc) is 3.96. The van der Waals surface area contributed by atoms with Gasteiger partial charge >= 0.3 is 6.01 Å². The number of alkyl halides is 1. The molecule has 3 atom stereocenters. The fourth-order valence-electron chi connectivity index (χ4n) is 8.04. The standard InChI is InChI=1S/C39H35F3N6O2S/c1-3-24-7-4-8-25-9-5-10-28(33(24)25)29-11-12-30-35(34(29)42)44-38(50-23-39-14-6-16-48(39)21-26(40)20-39)45-36(30)46(2)27-13-17-47(22-27)37(49)31(41)19-32-43-15-18-51-32/h1,4-5,7-12,15,18-19,26-27H,6,13-14,16-17,20-23H2,2H3/b31-19-/t26-,27-,39+/m1/s1. The molecular weight excluding hydrogens is 674 g/mol. The molecule has 12 heteroatoms. The van der Waals surface area contributed by atoms with Crippen LogP contribution in [0.4, 0.5) is 19.0 Å². The molecule has 3 aliphatic heterocycles. The van der Waals surface area contributed by atoms with Crippen LogP contribution in [0.3, 0.4) is 0 Å². The Morgan fingerprint density at radius 2 is 2.00 bits per heavy atom. The highest BCUT2D eigenvalue weighted by molar-refractivity contribution is 7.10. The zero-order valence-corrected chi connectivity index (χ0v) is 28.8. The summed E-state index contributed by atoms with van der Waals surface area (Å²) in [5.74, 6) is 0.997. The first-order chi connectivity index (χ1) is 24.7. The maximum atomic E-state index is 17.0. The van der Waals surface area contributed by atoms with E-state index in [9.17, 15) is 13.6 Å². The second kappa shape index (κ2) is 13.3. The molecule has 5 heterocycles. The highest BCUT2D eigenvalue weighted by Gasteiger charge is 2.49. The number of ether oxygens (including phenoxy) is 1. The highest BCUT2D eigenvalue weighted by Crippen LogP contribution is 2.41. The first-order valence-corrected chi connectivity index (χ1v) is 17.9. The molecule has 5 aromatic rings. The lowest BCUT2D eigenvalue weighted by Gasteiger charge is -2.31. The molecule has 0 spiro atoms. The van der Waals surface area contributed by atoms with Crippen LogP contribution in [0.5, 0.6) is 6.01 Å². The summed E-state index contributed by atoms with van der Waals surface area (Å²) in [5, 5.41) is 4.22. The molecule has 3 aliphatic rings. The molecule has 51 heavy (non-hydrogen) atoms. The van der Waals surface area contributed by atoms with Crippen molar-refractivity contribution in [2.24, 2.45) is 0 Å². The van der Waals surface area contributed by atoms with E-state index in [4.69, 9.17) is 16.1 Å². The number of hydrogen-bond acceptors (Lipinski definition) is 8. The van der Waals surface area contributed by atoms with Crippen LogP contribution >= 0.6 is 11.3 Å². The van der Waals surface area contributed by atoms with Gasteiger partial charge in [-0.2, -0.15) is 9.97 Å². The molecule has 0 N–H and O–H groups in total. The van der Waals surface area contributed by atoms with Gasteiger partial charge in [-0.1, -0.05) is 42.3 Å². The molecule has 8 nitrogen and oxygen atoms in total. The summed E-state index contributed by atoms with van der Waals surface area (Å²) in [5.41, 5.74) is 1.21. The number of likely N-dealkylation sites (tertiary alicyclic amines) is 1. The van der Waals surface area contributed by atoms with E-state index in [0.717, 1.165) is 36.2 Å². The van der Waals surface area contributed by atoms with E-state index in [1.807, 2.05) is 48.3 Å². The minimum absolute atomic E-state index is 0.0190. The summed E-state index contributed by atoms with van der Waals surface area (Å²) in [6.45, 7) is 1.91. The van der Waals surface area contributed by atoms with E-state index in [-0.39, 0.29) is 30.7 Å². The molecule has 8 rings (SSSR count). The Labute approximate surface area is 297 Å². The van der Waals surface area contributed by atoms with Gasteiger partial charge in [-0.25, -0.2) is 18.2 Å². The van der Waals surface area contributed by atoms with Gasteiger partial charge in [-0.15, -0.1) is 17.8 Å². The number of hydrogen-bond donors (Lipinski definition) is 0. The van der Waals surface area contributed by atoms with Crippen LogP contribution < -0.4 is 9.64 Å². The Morgan fingerprint density at radius 3 is 2.80 bits per heavy atom. The maximum absolute atomic E-state index is 17.0. The van der Waals surface area contributed by atoms with Crippen LogP contribution in [-0.2, 0) is 4.79 Å². The Kier molecular flexibility index (Phi) is 8.64. The molecular formula is C39H35F3N6O2S. The zero-order chi connectivity index (χ0) is 35.3. The predicted molar refractivity (Wildman–Crippen MR) is 194 cm³/mol. The number of carbonyl (C=O) groups excluding carboxylic acids is 1. The van der Waals surface area contributed by atoms with Crippen LogP contribution in [0.2, 0.25) is 0 Å². The number of halogens is 3. The Balaban J connectivity index is 1.17. The molecule has 0 bridgehead atoms. The van der Waals surface area contributed by atoms with Gasteiger partial charge in [0, 0.05) is 78.7 Å². The van der Waals surface area contributed by atoms with Crippen molar-refractivity contribution in [3.63, 3.8) is 0 Å². The second-order valence-electron chi connectivity index (χ2n) is 13.5. The van der Waals surface area contributed by atoms with Crippen LogP contribution in [0.1, 0.15) is 36.3 Å². The van der Waals surface area contributed by atoms with Gasteiger partial charge in [0.25, 0.3) is 5.91 Å². The first kappa shape index (κ1) is 33.2. The number of fused-ring (bicyclic) bond motifs is 3. The summed E-state index contributed by atoms with van der Waals surface area (Å²) >= 11 is 1.24. The minimum Gasteiger partial charge on any atom is -0.461 e. The number of aromatic nitrogens is 3. The van der Waals surface area contributed by atoms with Gasteiger partial charge in [0.2, 0.25) is 0 Å². The first-order valence-electron chi connectivity index (χ1n) is 17.0. The summed E-state index contributed by atoms with van der Waals surface area (Å²) < 4.78 is 52.7. The van der Waals surface area contributed by atoms with Crippen LogP contribution in [0.25, 0.3) is 38.9 Å². The number of anilines is 1. The van der Waals surface area contributed by atoms with Crippen molar-refractivity contribution in [1.82, 2.24) is 24.8 Å². The van der Waals surface area contributed by atoms with Crippen molar-refractivity contribution in [2.45, 2.75) is 43.4 Å². The lowest BCUT2D eigenvalue weighted by atomic mass is 9.94. The van der Waals surface area contributed by atoms with E-state index in [1.54, 1.807) is 23.7 Å². The van der Waals surface area contributed by atoms with E-state index >= 15 is 4.39 Å². The topological polar surface area (TPSA) is 74.7 Å². The molecule has 3 aromatic carbocycles. The number of benzene rings is 3. The van der Waals surface area contributed by atoms with Gasteiger partial charge in [-0.3, -0.25) is 9.69 Å². The normalized spacial score (nSPS) is 22.1. The predicted octanol–water partition coefficient (Wildman–Crippen LogP) is 7.03. The summed E-state index contributed by atoms with van der Waals surface area (Å²) in [7, 11) is 1.82. The number of amides is 1. The Morgan fingerprint density at radius 1 is 1.16 bits per heavy atom. The molecule has 2 aromatic heterocycles. The van der Waals surface area contributed by atoms with E-state index in [0.29, 0.717) is 58.8 Å². The third kappa shape index (κ3) is 5.98.